The zero-order chi connectivity index (χ0) is 17.9. The summed E-state index contributed by atoms with van der Waals surface area (Å²) in [4.78, 5) is 2.59. The van der Waals surface area contributed by atoms with Gasteiger partial charge in [-0.05, 0) is 45.3 Å². The van der Waals surface area contributed by atoms with Gasteiger partial charge in [0, 0.05) is 44.2 Å². The maximum atomic E-state index is 4.57. The van der Waals surface area contributed by atoms with E-state index in [-0.39, 0.29) is 0 Å². The van der Waals surface area contributed by atoms with E-state index in [1.807, 2.05) is 0 Å². The normalized spacial score (nSPS) is 21.4. The summed E-state index contributed by atoms with van der Waals surface area (Å²) in [6.45, 7) is 10.8. The third-order valence-corrected chi connectivity index (χ3v) is 5.68. The molecular weight excluding hydrogens is 322 g/mol. The summed E-state index contributed by atoms with van der Waals surface area (Å²) in [5.74, 6) is 1.79. The van der Waals surface area contributed by atoms with Gasteiger partial charge < -0.3 is 10.6 Å². The molecule has 140 valence electrons. The molecule has 2 aliphatic rings. The highest BCUT2D eigenvalue weighted by Gasteiger charge is 2.22. The molecule has 2 aliphatic heterocycles. The van der Waals surface area contributed by atoms with Gasteiger partial charge in [-0.1, -0.05) is 29.8 Å². The number of piperidine rings is 1. The number of likely N-dealkylation sites (tertiary alicyclic amines) is 1. The van der Waals surface area contributed by atoms with Crippen LogP contribution >= 0.6 is 0 Å². The number of benzene rings is 1. The van der Waals surface area contributed by atoms with Crippen molar-refractivity contribution in [2.75, 3.05) is 31.5 Å². The van der Waals surface area contributed by atoms with Crippen molar-refractivity contribution in [3.63, 3.8) is 0 Å². The highest BCUT2D eigenvalue weighted by atomic mass is 15.3. The van der Waals surface area contributed by atoms with E-state index in [0.29, 0.717) is 12.0 Å². The summed E-state index contributed by atoms with van der Waals surface area (Å²) in [6, 6.07) is 11.7. The van der Waals surface area contributed by atoms with Crippen molar-refractivity contribution in [1.29, 1.82) is 0 Å². The Labute approximate surface area is 156 Å². The van der Waals surface area contributed by atoms with Gasteiger partial charge in [-0.15, -0.1) is 0 Å². The monoisotopic (exact) mass is 353 g/mol. The summed E-state index contributed by atoms with van der Waals surface area (Å²) >= 11 is 0. The molecule has 0 saturated carbocycles. The Morgan fingerprint density at radius 2 is 2.04 bits per heavy atom. The second-order valence-corrected chi connectivity index (χ2v) is 8.05. The molecular formula is C21H31N5. The van der Waals surface area contributed by atoms with Crippen LogP contribution in [-0.2, 0) is 13.1 Å². The Morgan fingerprint density at radius 3 is 2.85 bits per heavy atom. The van der Waals surface area contributed by atoms with Crippen LogP contribution in [-0.4, -0.2) is 46.9 Å². The van der Waals surface area contributed by atoms with Crippen molar-refractivity contribution in [1.82, 2.24) is 20.0 Å². The van der Waals surface area contributed by atoms with E-state index in [4.69, 9.17) is 0 Å². The highest BCUT2D eigenvalue weighted by Crippen LogP contribution is 2.19. The van der Waals surface area contributed by atoms with Gasteiger partial charge in [-0.2, -0.15) is 5.10 Å². The molecule has 1 fully saturated rings. The van der Waals surface area contributed by atoms with Gasteiger partial charge in [0.1, 0.15) is 5.82 Å². The fourth-order valence-corrected chi connectivity index (χ4v) is 4.22. The van der Waals surface area contributed by atoms with Gasteiger partial charge in [0.25, 0.3) is 0 Å². The summed E-state index contributed by atoms with van der Waals surface area (Å²) < 4.78 is 2.12. The molecule has 1 saturated heterocycles. The van der Waals surface area contributed by atoms with E-state index in [9.17, 15) is 0 Å². The Balaban J connectivity index is 1.20. The van der Waals surface area contributed by atoms with Crippen molar-refractivity contribution in [2.24, 2.45) is 5.92 Å². The smallest absolute Gasteiger partial charge is 0.124 e. The fraction of sp³-hybridized carbons (Fsp3) is 0.571. The first-order valence-electron chi connectivity index (χ1n) is 9.95. The molecule has 5 nitrogen and oxygen atoms in total. The topological polar surface area (TPSA) is 45.1 Å². The molecule has 0 amide bonds. The fourth-order valence-electron chi connectivity index (χ4n) is 4.22. The molecule has 0 bridgehead atoms. The number of nitrogens with zero attached hydrogens (tertiary/aromatic N) is 3. The van der Waals surface area contributed by atoms with E-state index in [1.54, 1.807) is 0 Å². The second-order valence-electron chi connectivity index (χ2n) is 8.05. The van der Waals surface area contributed by atoms with Crippen LogP contribution in [0.5, 0.6) is 0 Å². The van der Waals surface area contributed by atoms with Gasteiger partial charge >= 0.3 is 0 Å². The zero-order valence-electron chi connectivity index (χ0n) is 16.0. The molecule has 0 aliphatic carbocycles. The molecule has 0 unspecified atom stereocenters. The van der Waals surface area contributed by atoms with Crippen LogP contribution in [0.15, 0.2) is 30.3 Å². The lowest BCUT2D eigenvalue weighted by molar-refractivity contribution is 0.186. The maximum Gasteiger partial charge on any atom is 0.124 e. The quantitative estimate of drug-likeness (QED) is 0.868. The van der Waals surface area contributed by atoms with Crippen LogP contribution < -0.4 is 10.6 Å². The van der Waals surface area contributed by atoms with Gasteiger partial charge in [0.2, 0.25) is 0 Å². The van der Waals surface area contributed by atoms with E-state index in [0.717, 1.165) is 31.9 Å². The average Bonchev–Trinajstić information content (AvgIpc) is 3.00. The van der Waals surface area contributed by atoms with Crippen molar-refractivity contribution in [3.8, 4) is 0 Å². The van der Waals surface area contributed by atoms with Crippen LogP contribution in [0.3, 0.4) is 0 Å². The minimum atomic E-state index is 0.618. The molecule has 0 radical (unpaired) electrons. The summed E-state index contributed by atoms with van der Waals surface area (Å²) in [5.41, 5.74) is 3.90. The molecule has 1 aromatic carbocycles. The van der Waals surface area contributed by atoms with Crippen LogP contribution in [0.4, 0.5) is 5.82 Å². The molecule has 2 aromatic rings. The maximum absolute atomic E-state index is 4.57. The van der Waals surface area contributed by atoms with E-state index in [1.165, 1.54) is 42.9 Å². The molecule has 4 rings (SSSR count). The van der Waals surface area contributed by atoms with Crippen LogP contribution in [0.1, 0.15) is 29.7 Å². The Morgan fingerprint density at radius 1 is 1.19 bits per heavy atom. The lowest BCUT2D eigenvalue weighted by atomic mass is 10.0. The molecule has 2 N–H and O–H groups in total. The van der Waals surface area contributed by atoms with Crippen molar-refractivity contribution < 1.29 is 0 Å². The molecule has 5 heteroatoms. The first-order valence-corrected chi connectivity index (χ1v) is 9.95. The Bertz CT molecular complexity index is 730. The lowest BCUT2D eigenvalue weighted by Crippen LogP contribution is -2.45. The number of rotatable bonds is 5. The largest absolute Gasteiger partial charge is 0.370 e. The third-order valence-electron chi connectivity index (χ3n) is 5.68. The Hall–Kier alpha value is -1.85. The first kappa shape index (κ1) is 17.6. The number of hydrogen-bond acceptors (Lipinski definition) is 4. The van der Waals surface area contributed by atoms with E-state index in [2.05, 4.69) is 69.5 Å². The SMILES string of the molecule is Cc1cccc(CN2CCC(NC[C@@H]3CNc4cc(C)nn4C3)CC2)c1. The molecule has 26 heavy (non-hydrogen) atoms. The standard InChI is InChI=1S/C21H31N5/c1-16-4-3-5-18(10-16)14-25-8-6-20(7-9-25)22-12-19-13-23-21-11-17(2)24-26(21)15-19/h3-5,10-11,19-20,22-23H,6-9,12-15H2,1-2H3/t19-/m1/s1. The minimum Gasteiger partial charge on any atom is -0.370 e. The van der Waals surface area contributed by atoms with Crippen LogP contribution in [0.2, 0.25) is 0 Å². The summed E-state index contributed by atoms with van der Waals surface area (Å²) in [6.07, 6.45) is 2.50. The predicted octanol–water partition coefficient (Wildman–Crippen LogP) is 2.80. The molecule has 1 atom stereocenters. The van der Waals surface area contributed by atoms with Crippen molar-refractivity contribution in [2.45, 2.75) is 45.8 Å². The van der Waals surface area contributed by atoms with Gasteiger partial charge in [-0.25, -0.2) is 4.68 Å². The average molecular weight is 354 g/mol. The highest BCUT2D eigenvalue weighted by molar-refractivity contribution is 5.38. The number of hydrogen-bond donors (Lipinski definition) is 2. The molecule has 0 spiro atoms. The third kappa shape index (κ3) is 4.27. The lowest BCUT2D eigenvalue weighted by Gasteiger charge is -2.34. The predicted molar refractivity (Wildman–Crippen MR) is 106 cm³/mol. The number of anilines is 1. The van der Waals surface area contributed by atoms with Crippen LogP contribution in [0, 0.1) is 19.8 Å². The number of aromatic nitrogens is 2. The van der Waals surface area contributed by atoms with Gasteiger partial charge in [0.15, 0.2) is 0 Å². The van der Waals surface area contributed by atoms with E-state index >= 15 is 0 Å². The summed E-state index contributed by atoms with van der Waals surface area (Å²) in [5, 5.41) is 11.9. The zero-order valence-corrected chi connectivity index (χ0v) is 16.0. The first-order chi connectivity index (χ1) is 12.7. The minimum absolute atomic E-state index is 0.618. The van der Waals surface area contributed by atoms with Gasteiger partial charge in [0.05, 0.1) is 5.69 Å². The summed E-state index contributed by atoms with van der Waals surface area (Å²) in [7, 11) is 0. The van der Waals surface area contributed by atoms with Crippen molar-refractivity contribution >= 4 is 5.82 Å². The van der Waals surface area contributed by atoms with Gasteiger partial charge in [-0.3, -0.25) is 4.90 Å². The van der Waals surface area contributed by atoms with Crippen molar-refractivity contribution in [3.05, 3.63) is 47.2 Å². The molecule has 1 aromatic heterocycles. The Kier molecular flexibility index (Phi) is 5.27. The van der Waals surface area contributed by atoms with Crippen LogP contribution in [0.25, 0.3) is 0 Å². The van der Waals surface area contributed by atoms with E-state index < -0.39 is 0 Å². The number of nitrogens with one attached hydrogen (secondary N) is 2. The second kappa shape index (κ2) is 7.80. The molecule has 3 heterocycles. The number of fused-ring (bicyclic) bond motifs is 1. The number of aryl methyl sites for hydroxylation is 2.